The average Bonchev–Trinajstić information content (AvgIpc) is 2.87. The number of rotatable bonds is 11. The predicted octanol–water partition coefficient (Wildman–Crippen LogP) is 13.7. The normalized spacial score (nSPS) is 17.1. The summed E-state index contributed by atoms with van der Waals surface area (Å²) in [6.45, 7) is 11.5. The molecule has 1 atom stereocenters. The minimum absolute atomic E-state index is 0.175. The molecule has 0 spiro atoms. The maximum atomic E-state index is 14.1. The SMILES string of the molecule is COc1cc2c3c(c4c(c2cc1N1CCN(c2ccc(OC(=O)c5ccc(OC(=O)c6ccccc6F)cc5)cc2)CC1)-c1ccccc1C4(C)C)C=CC(c1ccccc1)(c1ccc(N2CCN(c4ccccc4)CC2)cc1)O3. The van der Waals surface area contributed by atoms with E-state index in [1.807, 2.05) is 12.1 Å². The van der Waals surface area contributed by atoms with Gasteiger partial charge in [-0.3, -0.25) is 0 Å². The van der Waals surface area contributed by atoms with Crippen LogP contribution < -0.4 is 38.5 Å². The summed E-state index contributed by atoms with van der Waals surface area (Å²) in [7, 11) is 1.76. The number of carbonyl (C=O) groups excluding carboxylic acids is 2. The van der Waals surface area contributed by atoms with Gasteiger partial charge in [0, 0.05) is 96.9 Å². The zero-order valence-corrected chi connectivity index (χ0v) is 44.9. The van der Waals surface area contributed by atoms with Gasteiger partial charge in [0.15, 0.2) is 5.60 Å². The molecule has 0 saturated carbocycles. The zero-order valence-electron chi connectivity index (χ0n) is 44.9. The molecule has 1 unspecified atom stereocenters. The quantitative estimate of drug-likeness (QED) is 0.0922. The number of methoxy groups -OCH3 is 1. The van der Waals surface area contributed by atoms with Crippen LogP contribution >= 0.6 is 0 Å². The van der Waals surface area contributed by atoms with E-state index in [4.69, 9.17) is 18.9 Å². The lowest BCUT2D eigenvalue weighted by Crippen LogP contribution is -2.46. The fourth-order valence-electron chi connectivity index (χ4n) is 12.4. The Balaban J connectivity index is 0.767. The molecule has 10 nitrogen and oxygen atoms in total. The Labute approximate surface area is 465 Å². The minimum atomic E-state index is -0.920. The van der Waals surface area contributed by atoms with E-state index >= 15 is 0 Å². The van der Waals surface area contributed by atoms with Crippen LogP contribution in [-0.4, -0.2) is 71.4 Å². The van der Waals surface area contributed by atoms with E-state index in [0.717, 1.165) is 103 Å². The molecule has 0 N–H and O–H groups in total. The smallest absolute Gasteiger partial charge is 0.346 e. The minimum Gasteiger partial charge on any atom is -0.495 e. The topological polar surface area (TPSA) is 84.0 Å². The van der Waals surface area contributed by atoms with E-state index in [2.05, 4.69) is 167 Å². The zero-order chi connectivity index (χ0) is 54.5. The van der Waals surface area contributed by atoms with Gasteiger partial charge >= 0.3 is 11.9 Å². The number of para-hydroxylation sites is 1. The molecule has 4 aliphatic rings. The lowest BCUT2D eigenvalue weighted by atomic mass is 9.76. The van der Waals surface area contributed by atoms with Crippen LogP contribution in [0.15, 0.2) is 200 Å². The molecular formula is C69H59FN4O6. The highest BCUT2D eigenvalue weighted by molar-refractivity contribution is 6.10. The number of hydrogen-bond donors (Lipinski definition) is 0. The second-order valence-corrected chi connectivity index (χ2v) is 21.4. The fourth-order valence-corrected chi connectivity index (χ4v) is 12.4. The van der Waals surface area contributed by atoms with Crippen molar-refractivity contribution >= 4 is 51.5 Å². The molecule has 0 radical (unpaired) electrons. The molecule has 3 aliphatic heterocycles. The van der Waals surface area contributed by atoms with Crippen molar-refractivity contribution in [1.29, 1.82) is 0 Å². The van der Waals surface area contributed by atoms with Crippen LogP contribution in [0, 0.1) is 5.82 Å². The summed E-state index contributed by atoms with van der Waals surface area (Å²) in [6.07, 6.45) is 4.60. The Morgan fingerprint density at radius 3 is 1.70 bits per heavy atom. The maximum Gasteiger partial charge on any atom is 0.346 e. The predicted molar refractivity (Wildman–Crippen MR) is 316 cm³/mol. The molecule has 9 aromatic carbocycles. The molecule has 0 amide bonds. The van der Waals surface area contributed by atoms with E-state index in [1.165, 1.54) is 76.1 Å². The molecule has 11 heteroatoms. The fraction of sp³-hybridized carbons (Fsp3) is 0.188. The molecule has 80 heavy (non-hydrogen) atoms. The summed E-state index contributed by atoms with van der Waals surface area (Å²) in [6, 6.07) is 62.8. The molecular weight excluding hydrogens is 1000 g/mol. The van der Waals surface area contributed by atoms with E-state index < -0.39 is 23.4 Å². The number of piperazine rings is 2. The number of fused-ring (bicyclic) bond motifs is 8. The first-order chi connectivity index (χ1) is 39.1. The van der Waals surface area contributed by atoms with Crippen LogP contribution in [-0.2, 0) is 11.0 Å². The van der Waals surface area contributed by atoms with E-state index in [1.54, 1.807) is 25.3 Å². The van der Waals surface area contributed by atoms with Crippen LogP contribution in [0.3, 0.4) is 0 Å². The van der Waals surface area contributed by atoms with Gasteiger partial charge in [0.1, 0.15) is 28.8 Å². The first-order valence-electron chi connectivity index (χ1n) is 27.4. The third-order valence-corrected chi connectivity index (χ3v) is 16.5. The summed E-state index contributed by atoms with van der Waals surface area (Å²) >= 11 is 0. The van der Waals surface area contributed by atoms with Gasteiger partial charge in [-0.2, -0.15) is 0 Å². The van der Waals surface area contributed by atoms with Crippen LogP contribution in [0.5, 0.6) is 23.0 Å². The lowest BCUT2D eigenvalue weighted by molar-refractivity contribution is 0.0727. The van der Waals surface area contributed by atoms with Crippen LogP contribution in [0.2, 0.25) is 0 Å². The number of benzene rings is 9. The number of ether oxygens (including phenoxy) is 4. The molecule has 13 rings (SSSR count). The van der Waals surface area contributed by atoms with Crippen molar-refractivity contribution in [3.05, 3.63) is 245 Å². The summed E-state index contributed by atoms with van der Waals surface area (Å²) in [5.74, 6) is 0.137. The molecule has 0 bridgehead atoms. The highest BCUT2D eigenvalue weighted by atomic mass is 19.1. The Morgan fingerprint density at radius 2 is 1.06 bits per heavy atom. The van der Waals surface area contributed by atoms with E-state index in [9.17, 15) is 14.0 Å². The highest BCUT2D eigenvalue weighted by Crippen LogP contribution is 2.59. The number of hydrogen-bond acceptors (Lipinski definition) is 10. The third-order valence-electron chi connectivity index (χ3n) is 16.5. The number of carbonyl (C=O) groups is 2. The monoisotopic (exact) mass is 1060 g/mol. The van der Waals surface area contributed by atoms with Crippen LogP contribution in [0.25, 0.3) is 28.0 Å². The standard InChI is InChI=1S/C69H59FN4O6/c1-68(2)59-20-12-10-18-54(59)63-57-44-61(74-42-40-73(41-43-74)51-28-32-53(33-29-51)78-66(75)46-22-30-52(31-23-46)79-67(76)55-19-11-13-21-60(55)70)62(77-3)45-58(57)65-56(64(63)68)34-35-69(80-65,47-14-6-4-7-15-47)48-24-26-50(27-25-48)72-38-36-71(37-39-72)49-16-8-5-9-17-49/h4-35,44-45H,36-43H2,1-3H3. The second-order valence-electron chi connectivity index (χ2n) is 21.4. The summed E-state index contributed by atoms with van der Waals surface area (Å²) in [4.78, 5) is 35.4. The average molecular weight is 1060 g/mol. The van der Waals surface area contributed by atoms with Crippen molar-refractivity contribution in [2.45, 2.75) is 24.9 Å². The van der Waals surface area contributed by atoms with Crippen molar-refractivity contribution in [3.63, 3.8) is 0 Å². The van der Waals surface area contributed by atoms with Crippen LogP contribution in [0.4, 0.5) is 27.1 Å². The Kier molecular flexibility index (Phi) is 12.8. The lowest BCUT2D eigenvalue weighted by Gasteiger charge is -2.40. The molecule has 1 aliphatic carbocycles. The van der Waals surface area contributed by atoms with Crippen molar-refractivity contribution < 1.29 is 32.9 Å². The molecule has 2 fully saturated rings. The molecule has 9 aromatic rings. The van der Waals surface area contributed by atoms with Gasteiger partial charge in [-0.15, -0.1) is 0 Å². The summed E-state index contributed by atoms with van der Waals surface area (Å²) in [5, 5.41) is 2.13. The van der Waals surface area contributed by atoms with E-state index in [-0.39, 0.29) is 22.3 Å². The summed E-state index contributed by atoms with van der Waals surface area (Å²) < 4.78 is 39.3. The number of anilines is 4. The van der Waals surface area contributed by atoms with Crippen molar-refractivity contribution in [3.8, 4) is 34.1 Å². The van der Waals surface area contributed by atoms with Gasteiger partial charge in [0.2, 0.25) is 0 Å². The number of nitrogens with zero attached hydrogens (tertiary/aromatic N) is 4. The van der Waals surface area contributed by atoms with Crippen LogP contribution in [0.1, 0.15) is 62.4 Å². The molecule has 3 heterocycles. The Hall–Kier alpha value is -9.35. The van der Waals surface area contributed by atoms with E-state index in [0.29, 0.717) is 5.75 Å². The largest absolute Gasteiger partial charge is 0.495 e. The maximum absolute atomic E-state index is 14.1. The first kappa shape index (κ1) is 50.2. The molecule has 0 aromatic heterocycles. The Bertz CT molecular complexity index is 3830. The summed E-state index contributed by atoms with van der Waals surface area (Å²) in [5.41, 5.74) is 11.6. The second kappa shape index (κ2) is 20.5. The third kappa shape index (κ3) is 8.92. The Morgan fingerprint density at radius 1 is 0.537 bits per heavy atom. The van der Waals surface area contributed by atoms with Gasteiger partial charge in [-0.05, 0) is 131 Å². The van der Waals surface area contributed by atoms with Crippen molar-refractivity contribution in [2.24, 2.45) is 0 Å². The van der Waals surface area contributed by atoms with Gasteiger partial charge in [-0.1, -0.05) is 117 Å². The van der Waals surface area contributed by atoms with Gasteiger partial charge in [0.25, 0.3) is 0 Å². The van der Waals surface area contributed by atoms with Gasteiger partial charge < -0.3 is 38.5 Å². The first-order valence-corrected chi connectivity index (χ1v) is 27.4. The molecule has 398 valence electrons. The van der Waals surface area contributed by atoms with Gasteiger partial charge in [0.05, 0.1) is 23.9 Å². The van der Waals surface area contributed by atoms with Crippen molar-refractivity contribution in [1.82, 2.24) is 0 Å². The highest BCUT2D eigenvalue weighted by Gasteiger charge is 2.45. The van der Waals surface area contributed by atoms with Crippen molar-refractivity contribution in [2.75, 3.05) is 79.1 Å². The number of esters is 2. The molecule has 2 saturated heterocycles. The number of halogens is 1. The van der Waals surface area contributed by atoms with Gasteiger partial charge in [-0.25, -0.2) is 14.0 Å².